The van der Waals surface area contributed by atoms with Gasteiger partial charge >= 0.3 is 0 Å². The van der Waals surface area contributed by atoms with Crippen LogP contribution in [-0.4, -0.2) is 56.5 Å². The van der Waals surface area contributed by atoms with Gasteiger partial charge in [-0.05, 0) is 19.3 Å². The third-order valence-electron chi connectivity index (χ3n) is 11.1. The van der Waals surface area contributed by atoms with E-state index in [2.05, 4.69) is 24.1 Å². The highest BCUT2D eigenvalue weighted by Crippen LogP contribution is 2.16. The zero-order valence-electron chi connectivity index (χ0n) is 35.9. The lowest BCUT2D eigenvalue weighted by molar-refractivity contribution is -0.121. The van der Waals surface area contributed by atoms with Gasteiger partial charge in [-0.25, -0.2) is 0 Å². The van der Waals surface area contributed by atoms with Crippen LogP contribution < -0.4 is 5.32 Å². The van der Waals surface area contributed by atoms with Gasteiger partial charge < -0.3 is 15.0 Å². The SMILES string of the molecule is CCCCCCCCCCCCCCCCCCCC(=O)CCN(CCCOC)CCC(=O)NCCCCCCCCCCCCCCCCCC. The summed E-state index contributed by atoms with van der Waals surface area (Å²) < 4.78 is 5.26. The van der Waals surface area contributed by atoms with E-state index in [9.17, 15) is 9.59 Å². The van der Waals surface area contributed by atoms with E-state index in [-0.39, 0.29) is 5.91 Å². The number of nitrogens with one attached hydrogen (secondary N) is 1. The van der Waals surface area contributed by atoms with Crippen LogP contribution in [-0.2, 0) is 14.3 Å². The van der Waals surface area contributed by atoms with E-state index < -0.39 is 0 Å². The number of unbranched alkanes of at least 4 members (excludes halogenated alkanes) is 31. The van der Waals surface area contributed by atoms with Gasteiger partial charge in [0.1, 0.15) is 5.78 Å². The van der Waals surface area contributed by atoms with Crippen LogP contribution in [0.3, 0.4) is 0 Å². The molecule has 0 rings (SSSR count). The molecule has 0 aromatic rings. The summed E-state index contributed by atoms with van der Waals surface area (Å²) in [7, 11) is 1.73. The first-order valence-corrected chi connectivity index (χ1v) is 23.6. The molecule has 0 aromatic carbocycles. The molecule has 310 valence electrons. The second-order valence-corrected chi connectivity index (χ2v) is 16.3. The van der Waals surface area contributed by atoms with Gasteiger partial charge in [-0.15, -0.1) is 0 Å². The maximum absolute atomic E-state index is 12.6. The minimum atomic E-state index is 0.146. The van der Waals surface area contributed by atoms with Crippen molar-refractivity contribution in [3.05, 3.63) is 0 Å². The van der Waals surface area contributed by atoms with Crippen molar-refractivity contribution >= 4 is 11.7 Å². The van der Waals surface area contributed by atoms with E-state index in [1.54, 1.807) is 7.11 Å². The zero-order valence-corrected chi connectivity index (χ0v) is 35.9. The molecule has 52 heavy (non-hydrogen) atoms. The highest BCUT2D eigenvalue weighted by molar-refractivity contribution is 5.78. The Morgan fingerprint density at radius 3 is 1.13 bits per heavy atom. The van der Waals surface area contributed by atoms with E-state index in [0.717, 1.165) is 52.0 Å². The first-order valence-electron chi connectivity index (χ1n) is 23.6. The molecule has 0 aliphatic rings. The minimum Gasteiger partial charge on any atom is -0.385 e. The van der Waals surface area contributed by atoms with E-state index in [1.165, 1.54) is 199 Å². The summed E-state index contributed by atoms with van der Waals surface area (Å²) in [5.74, 6) is 0.526. The first-order chi connectivity index (χ1) is 25.6. The molecular weight excluding hydrogens is 641 g/mol. The fourth-order valence-corrected chi connectivity index (χ4v) is 7.47. The topological polar surface area (TPSA) is 58.6 Å². The molecule has 5 heteroatoms. The molecule has 1 amide bonds. The highest BCUT2D eigenvalue weighted by atomic mass is 16.5. The summed E-state index contributed by atoms with van der Waals surface area (Å²) in [6.45, 7) is 8.45. The Bertz CT molecular complexity index is 661. The fraction of sp³-hybridized carbons (Fsp3) is 0.957. The molecule has 5 nitrogen and oxygen atoms in total. The Kier molecular flexibility index (Phi) is 43.7. The van der Waals surface area contributed by atoms with Crippen LogP contribution in [0.5, 0.6) is 0 Å². The van der Waals surface area contributed by atoms with Gasteiger partial charge in [0, 0.05) is 59.2 Å². The Labute approximate surface area is 326 Å². The zero-order chi connectivity index (χ0) is 37.8. The number of amides is 1. The standard InChI is InChI=1S/C47H94N2O3/c1-4-6-8-10-12-14-16-18-20-22-23-25-27-29-31-33-35-38-46(50)39-43-49(42-37-45-52-3)44-40-47(51)48-41-36-34-32-30-28-26-24-21-19-17-15-13-11-9-7-5-2/h4-45H2,1-3H3,(H,48,51). The van der Waals surface area contributed by atoms with Crippen molar-refractivity contribution in [2.24, 2.45) is 0 Å². The van der Waals surface area contributed by atoms with Gasteiger partial charge in [0.05, 0.1) is 0 Å². The lowest BCUT2D eigenvalue weighted by Crippen LogP contribution is -2.33. The maximum atomic E-state index is 12.6. The number of nitrogens with zero attached hydrogens (tertiary/aromatic N) is 1. The van der Waals surface area contributed by atoms with Gasteiger partial charge in [0.2, 0.25) is 5.91 Å². The van der Waals surface area contributed by atoms with Gasteiger partial charge in [-0.1, -0.05) is 213 Å². The summed E-state index contributed by atoms with van der Waals surface area (Å²) in [6, 6.07) is 0. The number of Topliss-reactive ketones (excluding diaryl/α,β-unsaturated/α-hetero) is 1. The predicted octanol–water partition coefficient (Wildman–Crippen LogP) is 14.1. The third-order valence-corrected chi connectivity index (χ3v) is 11.1. The Hall–Kier alpha value is -0.940. The molecule has 0 unspecified atom stereocenters. The molecule has 0 heterocycles. The van der Waals surface area contributed by atoms with Crippen molar-refractivity contribution in [1.82, 2.24) is 10.2 Å². The van der Waals surface area contributed by atoms with Crippen LogP contribution in [0.2, 0.25) is 0 Å². The van der Waals surface area contributed by atoms with Crippen LogP contribution >= 0.6 is 0 Å². The Balaban J connectivity index is 3.71. The number of ketones is 1. The number of ether oxygens (including phenoxy) is 1. The summed E-state index contributed by atoms with van der Waals surface area (Å²) in [6.07, 6.45) is 47.8. The van der Waals surface area contributed by atoms with Crippen LogP contribution in [0.25, 0.3) is 0 Å². The number of methoxy groups -OCH3 is 1. The molecule has 0 aromatic heterocycles. The van der Waals surface area contributed by atoms with Crippen molar-refractivity contribution < 1.29 is 14.3 Å². The highest BCUT2D eigenvalue weighted by Gasteiger charge is 2.11. The van der Waals surface area contributed by atoms with Crippen LogP contribution in [0, 0.1) is 0 Å². The molecule has 0 spiro atoms. The number of hydrogen-bond donors (Lipinski definition) is 1. The third kappa shape index (κ3) is 41.8. The minimum absolute atomic E-state index is 0.146. The quantitative estimate of drug-likeness (QED) is 0.0633. The molecule has 0 aliphatic heterocycles. The van der Waals surface area contributed by atoms with Crippen molar-refractivity contribution in [2.75, 3.05) is 39.9 Å². The first kappa shape index (κ1) is 51.1. The number of carbonyl (C=O) groups excluding carboxylic acids is 2. The van der Waals surface area contributed by atoms with E-state index >= 15 is 0 Å². The van der Waals surface area contributed by atoms with Crippen molar-refractivity contribution in [3.8, 4) is 0 Å². The van der Waals surface area contributed by atoms with Crippen molar-refractivity contribution in [2.45, 2.75) is 251 Å². The second-order valence-electron chi connectivity index (χ2n) is 16.3. The van der Waals surface area contributed by atoms with Gasteiger partial charge in [0.15, 0.2) is 0 Å². The number of hydrogen-bond acceptors (Lipinski definition) is 4. The lowest BCUT2D eigenvalue weighted by atomic mass is 10.0. The lowest BCUT2D eigenvalue weighted by Gasteiger charge is -2.21. The number of carbonyl (C=O) groups is 2. The average Bonchev–Trinajstić information content (AvgIpc) is 3.15. The predicted molar refractivity (Wildman–Crippen MR) is 229 cm³/mol. The van der Waals surface area contributed by atoms with Crippen LogP contribution in [0.4, 0.5) is 0 Å². The van der Waals surface area contributed by atoms with E-state index in [1.807, 2.05) is 0 Å². The van der Waals surface area contributed by atoms with Crippen LogP contribution in [0.1, 0.15) is 251 Å². The molecule has 0 aliphatic carbocycles. The summed E-state index contributed by atoms with van der Waals surface area (Å²) >= 11 is 0. The Morgan fingerprint density at radius 1 is 0.404 bits per heavy atom. The summed E-state index contributed by atoms with van der Waals surface area (Å²) in [4.78, 5) is 27.5. The van der Waals surface area contributed by atoms with Crippen molar-refractivity contribution in [3.63, 3.8) is 0 Å². The summed E-state index contributed by atoms with van der Waals surface area (Å²) in [5.41, 5.74) is 0. The molecule has 0 saturated carbocycles. The normalized spacial score (nSPS) is 11.5. The molecule has 0 saturated heterocycles. The molecule has 1 N–H and O–H groups in total. The number of rotatable bonds is 45. The van der Waals surface area contributed by atoms with Gasteiger partial charge in [0.25, 0.3) is 0 Å². The van der Waals surface area contributed by atoms with Crippen molar-refractivity contribution in [1.29, 1.82) is 0 Å². The fourth-order valence-electron chi connectivity index (χ4n) is 7.47. The maximum Gasteiger partial charge on any atom is 0.221 e. The molecule has 0 radical (unpaired) electrons. The monoisotopic (exact) mass is 735 g/mol. The summed E-state index contributed by atoms with van der Waals surface area (Å²) in [5, 5.41) is 3.14. The Morgan fingerprint density at radius 2 is 0.750 bits per heavy atom. The van der Waals surface area contributed by atoms with E-state index in [0.29, 0.717) is 25.0 Å². The second kappa shape index (κ2) is 44.5. The molecular formula is C47H94N2O3. The largest absolute Gasteiger partial charge is 0.385 e. The van der Waals surface area contributed by atoms with E-state index in [4.69, 9.17) is 4.74 Å². The molecule has 0 atom stereocenters. The average molecular weight is 735 g/mol. The van der Waals surface area contributed by atoms with Gasteiger partial charge in [-0.2, -0.15) is 0 Å². The van der Waals surface area contributed by atoms with Gasteiger partial charge in [-0.3, -0.25) is 9.59 Å². The smallest absolute Gasteiger partial charge is 0.221 e. The molecule has 0 bridgehead atoms. The molecule has 0 fully saturated rings. The van der Waals surface area contributed by atoms with Crippen LogP contribution in [0.15, 0.2) is 0 Å².